The zero-order valence-corrected chi connectivity index (χ0v) is 13.7. The Labute approximate surface area is 125 Å². The van der Waals surface area contributed by atoms with Gasteiger partial charge in [0.15, 0.2) is 0 Å². The van der Waals surface area contributed by atoms with Crippen molar-refractivity contribution in [3.63, 3.8) is 0 Å². The van der Waals surface area contributed by atoms with Gasteiger partial charge in [0, 0.05) is 4.83 Å². The van der Waals surface area contributed by atoms with E-state index in [2.05, 4.69) is 48.0 Å². The predicted molar refractivity (Wildman–Crippen MR) is 85.2 cm³/mol. The van der Waals surface area contributed by atoms with E-state index in [-0.39, 0.29) is 0 Å². The Morgan fingerprint density at radius 2 is 2.16 bits per heavy atom. The minimum absolute atomic E-state index is 0.483. The number of unbranched alkanes of at least 4 members (excludes halogenated alkanes) is 1. The third-order valence-corrected chi connectivity index (χ3v) is 5.39. The lowest BCUT2D eigenvalue weighted by molar-refractivity contribution is 0.288. The molecule has 0 fully saturated rings. The Morgan fingerprint density at radius 1 is 1.32 bits per heavy atom. The molecule has 2 heteroatoms. The molecule has 0 radical (unpaired) electrons. The zero-order chi connectivity index (χ0) is 13.7. The minimum Gasteiger partial charge on any atom is -0.493 e. The highest BCUT2D eigenvalue weighted by Gasteiger charge is 2.20. The van der Waals surface area contributed by atoms with Crippen molar-refractivity contribution in [1.82, 2.24) is 0 Å². The molecule has 0 spiro atoms. The van der Waals surface area contributed by atoms with E-state index in [0.717, 1.165) is 31.1 Å². The quantitative estimate of drug-likeness (QED) is 0.613. The Bertz CT molecular complexity index is 402. The van der Waals surface area contributed by atoms with Gasteiger partial charge in [-0.15, -0.1) is 0 Å². The first-order chi connectivity index (χ1) is 9.26. The fourth-order valence-corrected chi connectivity index (χ4v) is 3.77. The average molecular weight is 325 g/mol. The number of ether oxygens (including phenoxy) is 1. The van der Waals surface area contributed by atoms with Crippen LogP contribution in [0.1, 0.15) is 61.9 Å². The number of hydrogen-bond donors (Lipinski definition) is 0. The van der Waals surface area contributed by atoms with Gasteiger partial charge in [0.2, 0.25) is 0 Å². The molecule has 2 atom stereocenters. The van der Waals surface area contributed by atoms with Crippen LogP contribution in [0.2, 0.25) is 0 Å². The van der Waals surface area contributed by atoms with E-state index in [1.54, 1.807) is 0 Å². The summed E-state index contributed by atoms with van der Waals surface area (Å²) in [6.07, 6.45) is 7.48. The summed E-state index contributed by atoms with van der Waals surface area (Å²) in [5.41, 5.74) is 2.81. The number of benzene rings is 1. The molecule has 1 aromatic carbocycles. The van der Waals surface area contributed by atoms with Crippen LogP contribution in [0, 0.1) is 5.92 Å². The van der Waals surface area contributed by atoms with Crippen molar-refractivity contribution < 1.29 is 4.74 Å². The SMILES string of the molecule is CCCCC(CC)C(Br)c1ccc2c(c1)CCCO2. The largest absolute Gasteiger partial charge is 0.493 e. The molecule has 1 aliphatic rings. The summed E-state index contributed by atoms with van der Waals surface area (Å²) in [5.74, 6) is 1.83. The fourth-order valence-electron chi connectivity index (χ4n) is 2.85. The van der Waals surface area contributed by atoms with Crippen LogP contribution in [0.5, 0.6) is 5.75 Å². The average Bonchev–Trinajstić information content (AvgIpc) is 2.47. The number of alkyl halides is 1. The zero-order valence-electron chi connectivity index (χ0n) is 12.1. The van der Waals surface area contributed by atoms with Crippen LogP contribution in [0.15, 0.2) is 18.2 Å². The van der Waals surface area contributed by atoms with Crippen molar-refractivity contribution >= 4 is 15.9 Å². The molecule has 2 unspecified atom stereocenters. The van der Waals surface area contributed by atoms with Gasteiger partial charge < -0.3 is 4.74 Å². The van der Waals surface area contributed by atoms with Crippen LogP contribution >= 0.6 is 15.9 Å². The highest BCUT2D eigenvalue weighted by Crippen LogP contribution is 2.38. The molecule has 106 valence electrons. The number of rotatable bonds is 6. The second-order valence-electron chi connectivity index (χ2n) is 5.53. The van der Waals surface area contributed by atoms with Crippen LogP contribution in [0.4, 0.5) is 0 Å². The Hall–Kier alpha value is -0.500. The van der Waals surface area contributed by atoms with Crippen molar-refractivity contribution in [3.05, 3.63) is 29.3 Å². The first-order valence-electron chi connectivity index (χ1n) is 7.66. The van der Waals surface area contributed by atoms with E-state index in [0.29, 0.717) is 4.83 Å². The summed E-state index contributed by atoms with van der Waals surface area (Å²) in [4.78, 5) is 0.483. The molecule has 0 amide bonds. The van der Waals surface area contributed by atoms with Crippen LogP contribution in [0.25, 0.3) is 0 Å². The molecule has 1 heterocycles. The lowest BCUT2D eigenvalue weighted by Gasteiger charge is -2.24. The number of hydrogen-bond acceptors (Lipinski definition) is 1. The molecule has 0 saturated heterocycles. The van der Waals surface area contributed by atoms with E-state index in [1.807, 2.05) is 0 Å². The van der Waals surface area contributed by atoms with Gasteiger partial charge in [-0.2, -0.15) is 0 Å². The maximum atomic E-state index is 5.69. The lowest BCUT2D eigenvalue weighted by atomic mass is 9.90. The monoisotopic (exact) mass is 324 g/mol. The van der Waals surface area contributed by atoms with Gasteiger partial charge in [0.1, 0.15) is 5.75 Å². The van der Waals surface area contributed by atoms with E-state index in [1.165, 1.54) is 36.8 Å². The first kappa shape index (κ1) is 14.9. The van der Waals surface area contributed by atoms with Crippen molar-refractivity contribution in [2.45, 2.75) is 57.2 Å². The van der Waals surface area contributed by atoms with Crippen molar-refractivity contribution in [1.29, 1.82) is 0 Å². The summed E-state index contributed by atoms with van der Waals surface area (Å²) < 4.78 is 5.69. The normalized spacial score (nSPS) is 17.4. The maximum absolute atomic E-state index is 5.69. The summed E-state index contributed by atoms with van der Waals surface area (Å²) in [6.45, 7) is 5.44. The summed E-state index contributed by atoms with van der Waals surface area (Å²) in [5, 5.41) is 0. The van der Waals surface area contributed by atoms with Crippen LogP contribution in [-0.4, -0.2) is 6.61 Å². The van der Waals surface area contributed by atoms with E-state index >= 15 is 0 Å². The second kappa shape index (κ2) is 7.33. The van der Waals surface area contributed by atoms with Crippen LogP contribution < -0.4 is 4.74 Å². The topological polar surface area (TPSA) is 9.23 Å². The Morgan fingerprint density at radius 3 is 2.89 bits per heavy atom. The predicted octanol–water partition coefficient (Wildman–Crippen LogP) is 5.66. The molecule has 1 aliphatic heterocycles. The minimum atomic E-state index is 0.483. The molecule has 19 heavy (non-hydrogen) atoms. The van der Waals surface area contributed by atoms with Crippen molar-refractivity contribution in [2.24, 2.45) is 5.92 Å². The van der Waals surface area contributed by atoms with Crippen molar-refractivity contribution in [2.75, 3.05) is 6.61 Å². The first-order valence-corrected chi connectivity index (χ1v) is 8.57. The van der Waals surface area contributed by atoms with E-state index in [4.69, 9.17) is 4.74 Å². The molecular formula is C17H25BrO. The summed E-state index contributed by atoms with van der Waals surface area (Å²) in [7, 11) is 0. The molecule has 0 aromatic heterocycles. The molecule has 0 N–H and O–H groups in total. The molecule has 0 bridgehead atoms. The van der Waals surface area contributed by atoms with Gasteiger partial charge in [-0.05, 0) is 42.4 Å². The molecule has 1 aromatic rings. The Kier molecular flexibility index (Phi) is 5.75. The van der Waals surface area contributed by atoms with Crippen molar-refractivity contribution in [3.8, 4) is 5.75 Å². The van der Waals surface area contributed by atoms with Crippen LogP contribution in [0.3, 0.4) is 0 Å². The van der Waals surface area contributed by atoms with E-state index in [9.17, 15) is 0 Å². The number of fused-ring (bicyclic) bond motifs is 1. The van der Waals surface area contributed by atoms with Gasteiger partial charge in [-0.3, -0.25) is 0 Å². The second-order valence-corrected chi connectivity index (χ2v) is 6.52. The summed E-state index contributed by atoms with van der Waals surface area (Å²) in [6, 6.07) is 6.74. The van der Waals surface area contributed by atoms with Gasteiger partial charge in [0.25, 0.3) is 0 Å². The van der Waals surface area contributed by atoms with Gasteiger partial charge in [0.05, 0.1) is 6.61 Å². The van der Waals surface area contributed by atoms with Gasteiger partial charge >= 0.3 is 0 Å². The molecular weight excluding hydrogens is 300 g/mol. The number of aryl methyl sites for hydroxylation is 1. The van der Waals surface area contributed by atoms with E-state index < -0.39 is 0 Å². The fraction of sp³-hybridized carbons (Fsp3) is 0.647. The lowest BCUT2D eigenvalue weighted by Crippen LogP contribution is -2.11. The molecule has 0 saturated carbocycles. The summed E-state index contributed by atoms with van der Waals surface area (Å²) >= 11 is 3.93. The highest BCUT2D eigenvalue weighted by atomic mass is 79.9. The number of halogens is 1. The highest BCUT2D eigenvalue weighted by molar-refractivity contribution is 9.09. The van der Waals surface area contributed by atoms with Gasteiger partial charge in [-0.25, -0.2) is 0 Å². The molecule has 0 aliphatic carbocycles. The maximum Gasteiger partial charge on any atom is 0.122 e. The molecule has 2 rings (SSSR count). The van der Waals surface area contributed by atoms with Gasteiger partial charge in [-0.1, -0.05) is 61.2 Å². The Balaban J connectivity index is 2.11. The standard InChI is InChI=1S/C17H25BrO/c1-3-5-7-13(4-2)17(18)15-9-10-16-14(12-15)8-6-11-19-16/h9-10,12-13,17H,3-8,11H2,1-2H3. The third-order valence-electron chi connectivity index (χ3n) is 4.12. The van der Waals surface area contributed by atoms with Crippen LogP contribution in [-0.2, 0) is 6.42 Å². The molecule has 1 nitrogen and oxygen atoms in total. The third kappa shape index (κ3) is 3.75. The smallest absolute Gasteiger partial charge is 0.122 e.